The van der Waals surface area contributed by atoms with Crippen molar-refractivity contribution < 1.29 is 16.5 Å². The summed E-state index contributed by atoms with van der Waals surface area (Å²) in [4.78, 5) is 0.913. The second-order valence-electron chi connectivity index (χ2n) is 7.12. The summed E-state index contributed by atoms with van der Waals surface area (Å²) >= 11 is 4.87. The van der Waals surface area contributed by atoms with Crippen LogP contribution in [0.2, 0.25) is 0 Å². The van der Waals surface area contributed by atoms with Crippen molar-refractivity contribution in [1.29, 1.82) is 0 Å². The van der Waals surface area contributed by atoms with E-state index in [-0.39, 0.29) is 16.5 Å². The van der Waals surface area contributed by atoms with Gasteiger partial charge in [0.05, 0.1) is 0 Å². The van der Waals surface area contributed by atoms with Crippen molar-refractivity contribution in [3.63, 3.8) is 0 Å². The van der Waals surface area contributed by atoms with Crippen molar-refractivity contribution in [2.24, 2.45) is 0 Å². The third-order valence-electron chi connectivity index (χ3n) is 4.62. The molecule has 1 aliphatic rings. The van der Waals surface area contributed by atoms with Crippen LogP contribution in [0.15, 0.2) is 120 Å². The van der Waals surface area contributed by atoms with Gasteiger partial charge in [0, 0.05) is 0 Å². The van der Waals surface area contributed by atoms with Crippen LogP contribution in [0.1, 0.15) is 5.56 Å². The smallest absolute Gasteiger partial charge is 0.780 e. The molecule has 0 amide bonds. The molecule has 0 saturated heterocycles. The summed E-state index contributed by atoms with van der Waals surface area (Å²) < 4.78 is 0. The summed E-state index contributed by atoms with van der Waals surface area (Å²) in [5, 5.41) is 4.19. The van der Waals surface area contributed by atoms with Gasteiger partial charge in [-0.25, -0.2) is 0 Å². The fraction of sp³-hybridized carbons (Fsp3) is 0.0333. The summed E-state index contributed by atoms with van der Waals surface area (Å²) in [5.41, 5.74) is 1.26. The Morgan fingerprint density at radius 2 is 0.758 bits per heavy atom. The molecule has 0 atom stereocenters. The second-order valence-corrected chi connectivity index (χ2v) is 9.81. The molecule has 167 valence electrons. The van der Waals surface area contributed by atoms with E-state index in [1.54, 1.807) is 0 Å². The van der Waals surface area contributed by atoms with E-state index in [4.69, 9.17) is 12.6 Å². The minimum Gasteiger partial charge on any atom is -0.780 e. The molecule has 4 aromatic rings. The molecule has 0 aliphatic heterocycles. The van der Waals surface area contributed by atoms with Gasteiger partial charge in [0.2, 0.25) is 0 Å². The Bertz CT molecular complexity index is 879. The summed E-state index contributed by atoms with van der Waals surface area (Å²) in [6.07, 6.45) is 10.0. The van der Waals surface area contributed by atoms with E-state index in [0.29, 0.717) is 0 Å². The largest absolute Gasteiger partial charge is 2.00 e. The Kier molecular flexibility index (Phi) is 13.0. The van der Waals surface area contributed by atoms with Crippen molar-refractivity contribution >= 4 is 36.5 Å². The molecule has 1 saturated carbocycles. The van der Waals surface area contributed by atoms with Crippen molar-refractivity contribution in [3.05, 3.63) is 153 Å². The number of aryl methyl sites for hydroxylation is 1. The number of hydrogen-bond acceptors (Lipinski definition) is 1. The molecule has 0 spiro atoms. The van der Waals surface area contributed by atoms with Crippen LogP contribution in [0.3, 0.4) is 0 Å². The van der Waals surface area contributed by atoms with Crippen molar-refractivity contribution in [2.75, 3.05) is 0 Å². The van der Waals surface area contributed by atoms with Crippen LogP contribution in [-0.2, 0) is 29.1 Å². The Morgan fingerprint density at radius 3 is 1.03 bits per heavy atom. The van der Waals surface area contributed by atoms with Crippen molar-refractivity contribution in [1.82, 2.24) is 0 Å². The predicted molar refractivity (Wildman–Crippen MR) is 143 cm³/mol. The van der Waals surface area contributed by atoms with Gasteiger partial charge in [-0.15, -0.1) is 0 Å². The summed E-state index contributed by atoms with van der Waals surface area (Å²) in [6, 6.07) is 40.2. The van der Waals surface area contributed by atoms with E-state index in [1.165, 1.54) is 21.5 Å². The molecule has 1 fully saturated rings. The average Bonchev–Trinajstić information content (AvgIpc) is 3.44. The number of benzene rings is 4. The van der Waals surface area contributed by atoms with Crippen molar-refractivity contribution in [2.45, 2.75) is 11.8 Å². The molecule has 4 aromatic carbocycles. The molecule has 0 aromatic heterocycles. The van der Waals surface area contributed by atoms with E-state index in [2.05, 4.69) is 97.9 Å². The third kappa shape index (κ3) is 9.81. The first kappa shape index (κ1) is 27.3. The molecule has 0 heterocycles. The summed E-state index contributed by atoms with van der Waals surface area (Å²) in [5.74, 6) is 0. The molecule has 5 radical (unpaired) electrons. The van der Waals surface area contributed by atoms with Gasteiger partial charge in [-0.3, -0.25) is 0 Å². The average molecular weight is 509 g/mol. The molecule has 1 aliphatic carbocycles. The van der Waals surface area contributed by atoms with Gasteiger partial charge in [0.1, 0.15) is 0 Å². The van der Waals surface area contributed by atoms with E-state index >= 15 is 0 Å². The van der Waals surface area contributed by atoms with Gasteiger partial charge >= 0.3 is 16.5 Å². The Morgan fingerprint density at radius 1 is 0.455 bits per heavy atom. The monoisotopic (exact) mass is 508 g/mol. The number of rotatable bonds is 3. The molecule has 5 rings (SSSR count). The van der Waals surface area contributed by atoms with Gasteiger partial charge < -0.3 is 12.6 Å². The van der Waals surface area contributed by atoms with Crippen LogP contribution in [-0.4, -0.2) is 0 Å². The van der Waals surface area contributed by atoms with Gasteiger partial charge in [-0.05, 0) is 62.9 Å². The van der Waals surface area contributed by atoms with Gasteiger partial charge in [0.15, 0.2) is 0 Å². The number of hydrogen-bond donors (Lipinski definition) is 0. The van der Waals surface area contributed by atoms with E-state index < -0.39 is 7.92 Å². The Hall–Kier alpha value is -1.98. The summed E-state index contributed by atoms with van der Waals surface area (Å²) in [6.45, 7) is 2.05. The summed E-state index contributed by atoms with van der Waals surface area (Å²) in [7, 11) is -0.446. The van der Waals surface area contributed by atoms with E-state index in [9.17, 15) is 0 Å². The van der Waals surface area contributed by atoms with Crippen molar-refractivity contribution in [3.8, 4) is 0 Å². The van der Waals surface area contributed by atoms with Gasteiger partial charge in [-0.1, -0.05) is 121 Å². The zero-order chi connectivity index (χ0) is 22.4. The van der Waals surface area contributed by atoms with Crippen LogP contribution in [0.4, 0.5) is 0 Å². The maximum atomic E-state index is 4.87. The first-order valence-corrected chi connectivity index (χ1v) is 12.3. The topological polar surface area (TPSA) is 0 Å². The van der Waals surface area contributed by atoms with Crippen LogP contribution >= 0.6 is 7.92 Å². The molecular formula is C30H27NiPS+. The Balaban J connectivity index is 0.000000227. The normalized spacial score (nSPS) is 11.9. The molecular weight excluding hydrogens is 482 g/mol. The fourth-order valence-electron chi connectivity index (χ4n) is 3.04. The molecule has 0 unspecified atom stereocenters. The molecule has 0 bridgehead atoms. The molecule has 0 nitrogen and oxygen atoms in total. The maximum Gasteiger partial charge on any atom is 2.00 e. The molecule has 0 N–H and O–H groups in total. The maximum absolute atomic E-state index is 4.87. The Labute approximate surface area is 216 Å². The first-order chi connectivity index (χ1) is 15.7. The van der Waals surface area contributed by atoms with Crippen LogP contribution in [0.5, 0.6) is 0 Å². The van der Waals surface area contributed by atoms with Gasteiger partial charge in [-0.2, -0.15) is 4.90 Å². The third-order valence-corrected chi connectivity index (χ3v) is 7.34. The SMILES string of the molecule is Cc1ccc([S-])cc1.[CH]1[CH][CH][CH][CH]1.[Ni+2].c1ccc(P(c2ccccc2)c2ccccc2)cc1. The predicted octanol–water partition coefficient (Wildman–Crippen LogP) is 6.36. The minimum atomic E-state index is -0.446. The zero-order valence-corrected chi connectivity index (χ0v) is 21.2. The van der Waals surface area contributed by atoms with E-state index in [0.717, 1.165) is 4.90 Å². The van der Waals surface area contributed by atoms with Gasteiger partial charge in [0.25, 0.3) is 0 Å². The molecule has 33 heavy (non-hydrogen) atoms. The first-order valence-electron chi connectivity index (χ1n) is 10.6. The quantitative estimate of drug-likeness (QED) is 0.176. The minimum absolute atomic E-state index is 0. The standard InChI is InChI=1S/C18H15P.C7H8S.C5H5.Ni/c1-4-10-16(11-5-1)19(17-12-6-2-7-13-17)18-14-8-3-9-15-18;1-6-2-4-7(8)5-3-6;1-2-4-5-3-1;/h1-15H;2-5,8H,1H3;1-5H;/q;;;+2/p-1. The van der Waals surface area contributed by atoms with Crippen LogP contribution < -0.4 is 15.9 Å². The zero-order valence-electron chi connectivity index (χ0n) is 18.5. The van der Waals surface area contributed by atoms with Crippen LogP contribution in [0, 0.1) is 39.0 Å². The van der Waals surface area contributed by atoms with Crippen LogP contribution in [0.25, 0.3) is 0 Å². The fourth-order valence-corrected chi connectivity index (χ4v) is 5.48. The second kappa shape index (κ2) is 15.8. The van der Waals surface area contributed by atoms with E-state index in [1.807, 2.05) is 56.4 Å². The molecule has 3 heteroatoms.